The average molecular weight is 365 g/mol. The zero-order valence-corrected chi connectivity index (χ0v) is 15.3. The fourth-order valence-electron chi connectivity index (χ4n) is 2.93. The van der Waals surface area contributed by atoms with Crippen molar-refractivity contribution in [1.82, 2.24) is 15.0 Å². The Morgan fingerprint density at radius 1 is 1.19 bits per heavy atom. The van der Waals surface area contributed by atoms with Gasteiger partial charge in [-0.1, -0.05) is 23.8 Å². The second-order valence-electron chi connectivity index (χ2n) is 6.50. The van der Waals surface area contributed by atoms with Crippen molar-refractivity contribution in [1.29, 1.82) is 0 Å². The first-order valence-electron chi connectivity index (χ1n) is 8.72. The molecule has 2 heterocycles. The summed E-state index contributed by atoms with van der Waals surface area (Å²) >= 11 is 0. The second kappa shape index (κ2) is 8.03. The van der Waals surface area contributed by atoms with Crippen LogP contribution in [0.5, 0.6) is 0 Å². The third-order valence-electron chi connectivity index (χ3n) is 4.37. The van der Waals surface area contributed by atoms with E-state index in [0.29, 0.717) is 28.3 Å². The van der Waals surface area contributed by atoms with Gasteiger partial charge in [0.15, 0.2) is 5.82 Å². The number of nitrogens with zero attached hydrogens (tertiary/aromatic N) is 2. The highest BCUT2D eigenvalue weighted by Gasteiger charge is 2.14. The number of H-pyrrole nitrogens is 1. The number of hydrogen-bond acceptors (Lipinski definition) is 4. The predicted molar refractivity (Wildman–Crippen MR) is 101 cm³/mol. The van der Waals surface area contributed by atoms with Crippen LogP contribution in [0.4, 0.5) is 4.39 Å². The third-order valence-corrected chi connectivity index (χ3v) is 4.37. The molecule has 0 saturated heterocycles. The van der Waals surface area contributed by atoms with Crippen LogP contribution >= 0.6 is 0 Å². The number of nitrogens with one attached hydrogen (secondary N) is 1. The van der Waals surface area contributed by atoms with Crippen LogP contribution in [-0.4, -0.2) is 20.7 Å². The highest BCUT2D eigenvalue weighted by Crippen LogP contribution is 2.14. The van der Waals surface area contributed by atoms with Gasteiger partial charge in [0.25, 0.3) is 5.56 Å². The molecule has 6 heteroatoms. The van der Waals surface area contributed by atoms with E-state index in [0.717, 1.165) is 5.56 Å². The first-order valence-corrected chi connectivity index (χ1v) is 8.72. The summed E-state index contributed by atoms with van der Waals surface area (Å²) in [6.45, 7) is 3.59. The van der Waals surface area contributed by atoms with Gasteiger partial charge in [0.2, 0.25) is 0 Å². The van der Waals surface area contributed by atoms with Crippen LogP contribution in [0.1, 0.15) is 28.8 Å². The summed E-state index contributed by atoms with van der Waals surface area (Å²) in [5.74, 6) is -0.105. The predicted octanol–water partition coefficient (Wildman–Crippen LogP) is 3.33. The minimum absolute atomic E-state index is 0.0178. The van der Waals surface area contributed by atoms with E-state index in [1.54, 1.807) is 37.4 Å². The van der Waals surface area contributed by atoms with Crippen molar-refractivity contribution in [2.45, 2.75) is 33.1 Å². The van der Waals surface area contributed by atoms with Gasteiger partial charge in [0.1, 0.15) is 17.3 Å². The van der Waals surface area contributed by atoms with Gasteiger partial charge in [-0.25, -0.2) is 9.37 Å². The lowest BCUT2D eigenvalue weighted by Gasteiger charge is -2.07. The van der Waals surface area contributed by atoms with E-state index in [1.165, 1.54) is 6.07 Å². The van der Waals surface area contributed by atoms with Crippen molar-refractivity contribution < 1.29 is 9.18 Å². The summed E-state index contributed by atoms with van der Waals surface area (Å²) in [7, 11) is 0. The largest absolute Gasteiger partial charge is 0.305 e. The molecular formula is C21H20FN3O2. The summed E-state index contributed by atoms with van der Waals surface area (Å²) in [4.78, 5) is 36.0. The molecule has 2 aromatic heterocycles. The molecule has 1 N–H and O–H groups in total. The van der Waals surface area contributed by atoms with Gasteiger partial charge in [-0.3, -0.25) is 14.6 Å². The monoisotopic (exact) mass is 365 g/mol. The number of carbonyl (C=O) groups excluding carboxylic acids is 1. The number of benzene rings is 1. The highest BCUT2D eigenvalue weighted by atomic mass is 19.1. The minimum atomic E-state index is -0.385. The second-order valence-corrected chi connectivity index (χ2v) is 6.50. The van der Waals surface area contributed by atoms with Crippen LogP contribution in [0, 0.1) is 19.7 Å². The van der Waals surface area contributed by atoms with E-state index in [2.05, 4.69) is 15.0 Å². The molecule has 0 spiro atoms. The van der Waals surface area contributed by atoms with Gasteiger partial charge in [0.05, 0.1) is 0 Å². The Kier molecular flexibility index (Phi) is 5.54. The van der Waals surface area contributed by atoms with E-state index >= 15 is 0 Å². The molecule has 0 aliphatic heterocycles. The Bertz CT molecular complexity index is 1030. The zero-order valence-electron chi connectivity index (χ0n) is 15.3. The van der Waals surface area contributed by atoms with Crippen LogP contribution in [0.3, 0.4) is 0 Å². The van der Waals surface area contributed by atoms with Crippen molar-refractivity contribution in [3.8, 4) is 11.5 Å². The van der Waals surface area contributed by atoms with Crippen LogP contribution in [0.15, 0.2) is 47.4 Å². The maximum Gasteiger partial charge on any atom is 0.254 e. The first kappa shape index (κ1) is 18.6. The normalized spacial score (nSPS) is 10.8. The molecule has 0 aliphatic rings. The smallest absolute Gasteiger partial charge is 0.254 e. The fourth-order valence-corrected chi connectivity index (χ4v) is 2.93. The maximum absolute atomic E-state index is 13.8. The number of pyridine rings is 1. The van der Waals surface area contributed by atoms with E-state index in [-0.39, 0.29) is 36.4 Å². The van der Waals surface area contributed by atoms with Crippen LogP contribution in [0.25, 0.3) is 11.5 Å². The molecular weight excluding hydrogens is 345 g/mol. The van der Waals surface area contributed by atoms with Crippen molar-refractivity contribution in [2.24, 2.45) is 0 Å². The lowest BCUT2D eigenvalue weighted by molar-refractivity contribution is -0.118. The Hall–Kier alpha value is -3.15. The standard InChI is InChI=1S/C21H20FN3O2/c1-13-6-9-18(22)15(11-13)12-16(26)7-8-17-14(2)24-20(25-21(17)27)19-5-3-4-10-23-19/h3-6,9-11H,7-8,12H2,1-2H3,(H,24,25,27). The molecule has 0 amide bonds. The molecule has 0 aliphatic carbocycles. The molecule has 0 fully saturated rings. The summed E-state index contributed by atoms with van der Waals surface area (Å²) in [6, 6.07) is 10.1. The number of ketones is 1. The van der Waals surface area contributed by atoms with Crippen LogP contribution < -0.4 is 5.56 Å². The minimum Gasteiger partial charge on any atom is -0.305 e. The Balaban J connectivity index is 1.72. The summed E-state index contributed by atoms with van der Waals surface area (Å²) in [6.07, 6.45) is 2.07. The third kappa shape index (κ3) is 4.53. The molecule has 1 aromatic carbocycles. The summed E-state index contributed by atoms with van der Waals surface area (Å²) < 4.78 is 13.8. The van der Waals surface area contributed by atoms with E-state index < -0.39 is 0 Å². The SMILES string of the molecule is Cc1ccc(F)c(CC(=O)CCc2c(C)nc(-c3ccccn3)[nH]c2=O)c1. The number of aryl methyl sites for hydroxylation is 2. The number of Topliss-reactive ketones (excluding diaryl/α,β-unsaturated/α-hetero) is 1. The number of carbonyl (C=O) groups is 1. The lowest BCUT2D eigenvalue weighted by atomic mass is 10.0. The number of rotatable bonds is 6. The molecule has 27 heavy (non-hydrogen) atoms. The maximum atomic E-state index is 13.8. The van der Waals surface area contributed by atoms with Crippen LogP contribution in [-0.2, 0) is 17.6 Å². The topological polar surface area (TPSA) is 75.7 Å². The van der Waals surface area contributed by atoms with E-state index in [1.807, 2.05) is 13.0 Å². The van der Waals surface area contributed by atoms with Crippen molar-refractivity contribution in [2.75, 3.05) is 0 Å². The van der Waals surface area contributed by atoms with E-state index in [4.69, 9.17) is 0 Å². The molecule has 138 valence electrons. The lowest BCUT2D eigenvalue weighted by Crippen LogP contribution is -2.19. The van der Waals surface area contributed by atoms with Gasteiger partial charge >= 0.3 is 0 Å². The first-order chi connectivity index (χ1) is 12.9. The summed E-state index contributed by atoms with van der Waals surface area (Å²) in [5.41, 5.74) is 2.62. The zero-order chi connectivity index (χ0) is 19.4. The highest BCUT2D eigenvalue weighted by molar-refractivity contribution is 5.81. The van der Waals surface area contributed by atoms with Crippen molar-refractivity contribution in [3.05, 3.63) is 81.2 Å². The number of halogens is 1. The van der Waals surface area contributed by atoms with Crippen molar-refractivity contribution >= 4 is 5.78 Å². The van der Waals surface area contributed by atoms with Crippen molar-refractivity contribution in [3.63, 3.8) is 0 Å². The quantitative estimate of drug-likeness (QED) is 0.727. The Morgan fingerprint density at radius 3 is 2.70 bits per heavy atom. The summed E-state index contributed by atoms with van der Waals surface area (Å²) in [5, 5.41) is 0. The van der Waals surface area contributed by atoms with E-state index in [9.17, 15) is 14.0 Å². The number of aromatic nitrogens is 3. The number of aromatic amines is 1. The van der Waals surface area contributed by atoms with Gasteiger partial charge in [-0.05, 0) is 44.0 Å². The fraction of sp³-hybridized carbons (Fsp3) is 0.238. The molecule has 5 nitrogen and oxygen atoms in total. The van der Waals surface area contributed by atoms with Gasteiger partial charge in [0, 0.05) is 30.3 Å². The Morgan fingerprint density at radius 2 is 2.00 bits per heavy atom. The molecule has 3 rings (SSSR count). The Labute approximate surface area is 156 Å². The molecule has 0 unspecified atom stereocenters. The van der Waals surface area contributed by atoms with Crippen LogP contribution in [0.2, 0.25) is 0 Å². The van der Waals surface area contributed by atoms with Gasteiger partial charge in [-0.15, -0.1) is 0 Å². The average Bonchev–Trinajstić information content (AvgIpc) is 2.64. The molecule has 0 radical (unpaired) electrons. The number of hydrogen-bond donors (Lipinski definition) is 1. The molecule has 0 bridgehead atoms. The molecule has 0 atom stereocenters. The van der Waals surface area contributed by atoms with Gasteiger partial charge < -0.3 is 4.98 Å². The molecule has 3 aromatic rings. The van der Waals surface area contributed by atoms with Gasteiger partial charge in [-0.2, -0.15) is 0 Å². The molecule has 0 saturated carbocycles.